The molecular weight excluding hydrogens is 583 g/mol. The van der Waals surface area contributed by atoms with Crippen molar-refractivity contribution in [3.8, 4) is 23.0 Å². The van der Waals surface area contributed by atoms with Crippen LogP contribution in [0.15, 0.2) is 64.2 Å². The van der Waals surface area contributed by atoms with Gasteiger partial charge in [-0.3, -0.25) is 19.4 Å². The van der Waals surface area contributed by atoms with E-state index in [0.29, 0.717) is 48.1 Å². The summed E-state index contributed by atoms with van der Waals surface area (Å²) >= 11 is 0. The number of nitrogens with one attached hydrogen (secondary N) is 3. The normalized spacial score (nSPS) is 16.1. The van der Waals surface area contributed by atoms with Crippen LogP contribution >= 0.6 is 0 Å². The molecule has 3 aliphatic rings. The van der Waals surface area contributed by atoms with Crippen LogP contribution in [-0.4, -0.2) is 53.5 Å². The minimum absolute atomic E-state index is 0.132. The predicted octanol–water partition coefficient (Wildman–Crippen LogP) is 3.54. The molecule has 1 atom stereocenters. The number of fused-ring (bicyclic) bond motifs is 6. The molecule has 0 saturated heterocycles. The summed E-state index contributed by atoms with van der Waals surface area (Å²) < 4.78 is 32.2. The van der Waals surface area contributed by atoms with E-state index in [1.165, 1.54) is 25.3 Å². The Hall–Kier alpha value is -5.39. The molecule has 11 nitrogen and oxygen atoms in total. The van der Waals surface area contributed by atoms with Gasteiger partial charge in [0.25, 0.3) is 11.5 Å². The first-order valence-electron chi connectivity index (χ1n) is 14.5. The number of amides is 2. The standard InChI is InChI=1S/C33H31FN4O7/c1-18-24(32(41)37-33(42)36-18)17-29(39)38-12-10-19-14-21-5-7-23(19)30(38)20-4-9-27(43-2)28(15-20)44-13-3-11-35-31(40)25-16-22(45-21)6-8-26(25)34/h4-9,14-16,30H,3,10-13,17H2,1-2H3,(H,35,40)(H2,36,37,41,42). The second-order valence-electron chi connectivity index (χ2n) is 10.9. The summed E-state index contributed by atoms with van der Waals surface area (Å²) in [5, 5.41) is 2.72. The zero-order valence-corrected chi connectivity index (χ0v) is 24.7. The Morgan fingerprint density at radius 3 is 2.64 bits per heavy atom. The fraction of sp³-hybridized carbons (Fsp3) is 0.273. The molecule has 232 valence electrons. The van der Waals surface area contributed by atoms with Gasteiger partial charge in [-0.05, 0) is 78.9 Å². The summed E-state index contributed by atoms with van der Waals surface area (Å²) in [4.78, 5) is 57.4. The van der Waals surface area contributed by atoms with Crippen LogP contribution in [0.1, 0.15) is 50.8 Å². The van der Waals surface area contributed by atoms with Crippen molar-refractivity contribution in [1.29, 1.82) is 0 Å². The average molecular weight is 615 g/mol. The van der Waals surface area contributed by atoms with Crippen molar-refractivity contribution in [2.24, 2.45) is 0 Å². The number of benzene rings is 3. The van der Waals surface area contributed by atoms with Gasteiger partial charge in [0.15, 0.2) is 11.5 Å². The number of aromatic nitrogens is 2. The Balaban J connectivity index is 1.43. The Bertz CT molecular complexity index is 1920. The molecule has 45 heavy (non-hydrogen) atoms. The Kier molecular flexibility index (Phi) is 8.12. The minimum atomic E-state index is -0.663. The maximum Gasteiger partial charge on any atom is 0.325 e. The lowest BCUT2D eigenvalue weighted by Gasteiger charge is -2.38. The second-order valence-corrected chi connectivity index (χ2v) is 10.9. The van der Waals surface area contributed by atoms with E-state index in [0.717, 1.165) is 16.7 Å². The van der Waals surface area contributed by atoms with Crippen molar-refractivity contribution in [1.82, 2.24) is 20.2 Å². The van der Waals surface area contributed by atoms with Crippen molar-refractivity contribution >= 4 is 11.8 Å². The van der Waals surface area contributed by atoms with E-state index in [9.17, 15) is 23.6 Å². The van der Waals surface area contributed by atoms with Gasteiger partial charge in [0.1, 0.15) is 17.3 Å². The highest BCUT2D eigenvalue weighted by molar-refractivity contribution is 5.94. The third kappa shape index (κ3) is 6.03. The van der Waals surface area contributed by atoms with E-state index in [4.69, 9.17) is 14.2 Å². The van der Waals surface area contributed by atoms with Gasteiger partial charge >= 0.3 is 5.69 Å². The molecule has 1 aromatic heterocycles. The molecule has 0 fully saturated rings. The summed E-state index contributed by atoms with van der Waals surface area (Å²) in [5.74, 6) is 0.219. The van der Waals surface area contributed by atoms with E-state index in [1.54, 1.807) is 24.0 Å². The van der Waals surface area contributed by atoms with Gasteiger partial charge in [0, 0.05) is 24.3 Å². The van der Waals surface area contributed by atoms with Crippen LogP contribution in [0.5, 0.6) is 23.0 Å². The minimum Gasteiger partial charge on any atom is -0.493 e. The zero-order chi connectivity index (χ0) is 31.7. The van der Waals surface area contributed by atoms with E-state index < -0.39 is 29.0 Å². The number of methoxy groups -OCH3 is 1. The van der Waals surface area contributed by atoms with Gasteiger partial charge in [-0.1, -0.05) is 12.1 Å². The predicted molar refractivity (Wildman–Crippen MR) is 162 cm³/mol. The van der Waals surface area contributed by atoms with E-state index >= 15 is 0 Å². The number of nitrogens with zero attached hydrogens (tertiary/aromatic N) is 1. The maximum atomic E-state index is 14.5. The van der Waals surface area contributed by atoms with Crippen molar-refractivity contribution in [3.63, 3.8) is 0 Å². The number of ether oxygens (including phenoxy) is 3. The number of halogens is 1. The molecule has 3 N–H and O–H groups in total. The monoisotopic (exact) mass is 614 g/mol. The van der Waals surface area contributed by atoms with E-state index in [1.807, 2.05) is 24.3 Å². The summed E-state index contributed by atoms with van der Waals surface area (Å²) in [6.07, 6.45) is 0.721. The van der Waals surface area contributed by atoms with Crippen LogP contribution in [0.25, 0.3) is 0 Å². The van der Waals surface area contributed by atoms with Crippen LogP contribution in [0.2, 0.25) is 0 Å². The molecular formula is C33H31FN4O7. The third-order valence-electron chi connectivity index (χ3n) is 8.03. The van der Waals surface area contributed by atoms with Gasteiger partial charge in [0.05, 0.1) is 31.7 Å². The van der Waals surface area contributed by atoms with Crippen molar-refractivity contribution in [2.45, 2.75) is 32.2 Å². The molecule has 2 amide bonds. The fourth-order valence-electron chi connectivity index (χ4n) is 5.79. The van der Waals surface area contributed by atoms with Gasteiger partial charge < -0.3 is 29.4 Å². The summed E-state index contributed by atoms with van der Waals surface area (Å²) in [6, 6.07) is 14.4. The highest BCUT2D eigenvalue weighted by Crippen LogP contribution is 2.41. The summed E-state index contributed by atoms with van der Waals surface area (Å²) in [5.41, 5.74) is 1.71. The van der Waals surface area contributed by atoms with Gasteiger partial charge in [0.2, 0.25) is 5.91 Å². The van der Waals surface area contributed by atoms with Crippen LogP contribution < -0.4 is 30.8 Å². The number of hydrogen-bond acceptors (Lipinski definition) is 7. The topological polar surface area (TPSA) is 143 Å². The number of rotatable bonds is 3. The van der Waals surface area contributed by atoms with Crippen LogP contribution in [0, 0.1) is 12.7 Å². The molecule has 0 spiro atoms. The molecule has 3 aliphatic heterocycles. The lowest BCUT2D eigenvalue weighted by atomic mass is 9.87. The Morgan fingerprint density at radius 2 is 1.84 bits per heavy atom. The molecule has 0 radical (unpaired) electrons. The number of aromatic amines is 2. The molecule has 12 heteroatoms. The fourth-order valence-corrected chi connectivity index (χ4v) is 5.79. The largest absolute Gasteiger partial charge is 0.493 e. The molecule has 1 unspecified atom stereocenters. The molecule has 0 saturated carbocycles. The number of H-pyrrole nitrogens is 2. The first kappa shape index (κ1) is 29.7. The smallest absolute Gasteiger partial charge is 0.325 e. The molecule has 4 aromatic rings. The molecule has 7 rings (SSSR count). The van der Waals surface area contributed by atoms with Gasteiger partial charge in [-0.2, -0.15) is 0 Å². The molecule has 4 heterocycles. The van der Waals surface area contributed by atoms with Crippen molar-refractivity contribution in [2.75, 3.05) is 26.8 Å². The maximum absolute atomic E-state index is 14.5. The van der Waals surface area contributed by atoms with Gasteiger partial charge in [-0.15, -0.1) is 0 Å². The number of carbonyl (C=O) groups excluding carboxylic acids is 2. The molecule has 0 aliphatic carbocycles. The highest BCUT2D eigenvalue weighted by atomic mass is 19.1. The third-order valence-corrected chi connectivity index (χ3v) is 8.03. The molecule has 3 aromatic carbocycles. The van der Waals surface area contributed by atoms with Crippen LogP contribution in [0.3, 0.4) is 0 Å². The Labute approximate surface area is 257 Å². The zero-order valence-electron chi connectivity index (χ0n) is 24.7. The van der Waals surface area contributed by atoms with Crippen LogP contribution in [-0.2, 0) is 17.6 Å². The Morgan fingerprint density at radius 1 is 1.04 bits per heavy atom. The molecule has 8 bridgehead atoms. The first-order chi connectivity index (χ1) is 21.7. The second kappa shape index (κ2) is 12.3. The summed E-state index contributed by atoms with van der Waals surface area (Å²) in [7, 11) is 1.53. The van der Waals surface area contributed by atoms with Gasteiger partial charge in [-0.25, -0.2) is 9.18 Å². The first-order valence-corrected chi connectivity index (χ1v) is 14.5. The SMILES string of the molecule is COc1ccc2cc1OCCCNC(=O)c1cc(ccc1F)Oc1ccc3c(c1)CCN(C(=O)Cc1c(C)[nH]c(=O)[nH]c1=O)C23. The average Bonchev–Trinajstić information content (AvgIpc) is 3.02. The summed E-state index contributed by atoms with van der Waals surface area (Å²) in [6.45, 7) is 2.39. The van der Waals surface area contributed by atoms with E-state index in [-0.39, 0.29) is 36.6 Å². The number of carbonyl (C=O) groups is 2. The quantitative estimate of drug-likeness (QED) is 0.320. The van der Waals surface area contributed by atoms with Crippen LogP contribution in [0.4, 0.5) is 4.39 Å². The van der Waals surface area contributed by atoms with Crippen molar-refractivity contribution < 1.29 is 28.2 Å². The lowest BCUT2D eigenvalue weighted by Crippen LogP contribution is -2.42. The number of aryl methyl sites for hydroxylation is 1. The van der Waals surface area contributed by atoms with Crippen molar-refractivity contribution in [3.05, 3.63) is 115 Å². The number of hydrogen-bond donors (Lipinski definition) is 3. The lowest BCUT2D eigenvalue weighted by molar-refractivity contribution is -0.132. The highest BCUT2D eigenvalue weighted by Gasteiger charge is 2.33. The van der Waals surface area contributed by atoms with E-state index in [2.05, 4.69) is 15.3 Å².